The number of carbonyl (C=O) groups excluding carboxylic acids is 2. The Kier molecular flexibility index (Phi) is 5.74. The molecule has 1 aromatic carbocycles. The minimum absolute atomic E-state index is 0.0250. The van der Waals surface area contributed by atoms with E-state index in [0.29, 0.717) is 25.3 Å². The van der Waals surface area contributed by atoms with Crippen molar-refractivity contribution in [2.75, 3.05) is 19.6 Å². The van der Waals surface area contributed by atoms with E-state index in [-0.39, 0.29) is 17.9 Å². The van der Waals surface area contributed by atoms with Crippen LogP contribution in [-0.2, 0) is 16.1 Å². The van der Waals surface area contributed by atoms with Crippen LogP contribution in [0.3, 0.4) is 0 Å². The van der Waals surface area contributed by atoms with Crippen LogP contribution in [0.4, 0.5) is 0 Å². The predicted octanol–water partition coefficient (Wildman–Crippen LogP) is 1.95. The minimum atomic E-state index is -0.335. The Hall–Kier alpha value is -1.59. The van der Waals surface area contributed by atoms with E-state index in [9.17, 15) is 9.59 Å². The number of hydrogen-bond donors (Lipinski definition) is 2. The van der Waals surface area contributed by atoms with Gasteiger partial charge in [-0.3, -0.25) is 14.5 Å². The maximum Gasteiger partial charge on any atom is 0.242 e. The first kappa shape index (κ1) is 17.2. The van der Waals surface area contributed by atoms with Crippen LogP contribution in [0.1, 0.15) is 31.2 Å². The van der Waals surface area contributed by atoms with Crippen molar-refractivity contribution in [2.45, 2.75) is 38.3 Å². The molecule has 2 aliphatic rings. The van der Waals surface area contributed by atoms with Gasteiger partial charge in [-0.25, -0.2) is 0 Å². The molecule has 2 N–H and O–H groups in total. The van der Waals surface area contributed by atoms with Crippen molar-refractivity contribution in [1.82, 2.24) is 15.5 Å². The number of amides is 2. The number of nitrogens with zero attached hydrogens (tertiary/aromatic N) is 1. The average Bonchev–Trinajstić information content (AvgIpc) is 3.03. The summed E-state index contributed by atoms with van der Waals surface area (Å²) in [6, 6.07) is 7.64. The predicted molar refractivity (Wildman–Crippen MR) is 93.6 cm³/mol. The lowest BCUT2D eigenvalue weighted by Gasteiger charge is -2.32. The van der Waals surface area contributed by atoms with Gasteiger partial charge in [0.15, 0.2) is 0 Å². The largest absolute Gasteiger partial charge is 0.354 e. The Bertz CT molecular complexity index is 600. The highest BCUT2D eigenvalue weighted by Crippen LogP contribution is 2.22. The van der Waals surface area contributed by atoms with E-state index in [0.717, 1.165) is 37.5 Å². The Morgan fingerprint density at radius 2 is 2.00 bits per heavy atom. The smallest absolute Gasteiger partial charge is 0.242 e. The van der Waals surface area contributed by atoms with E-state index in [4.69, 9.17) is 11.6 Å². The molecule has 130 valence electrons. The molecule has 2 fully saturated rings. The standard InChI is InChI=1S/C18H24ClN3O2/c19-15-4-2-1-3-14(15)12-22-9-7-13(8-10-22)11-20-18(24)16-5-6-17(23)21-16/h1-4,13,16H,5-12H2,(H,20,24)(H,21,23)/t16-/m0/s1. The maximum absolute atomic E-state index is 12.0. The van der Waals surface area contributed by atoms with Crippen molar-refractivity contribution in [2.24, 2.45) is 5.92 Å². The van der Waals surface area contributed by atoms with Crippen molar-refractivity contribution < 1.29 is 9.59 Å². The number of carbonyl (C=O) groups is 2. The molecular weight excluding hydrogens is 326 g/mol. The zero-order valence-electron chi connectivity index (χ0n) is 13.8. The molecule has 0 radical (unpaired) electrons. The number of likely N-dealkylation sites (tertiary alicyclic amines) is 1. The SMILES string of the molecule is O=C1CC[C@@H](C(=O)NCC2CCN(Cc3ccccc3Cl)CC2)N1. The number of nitrogens with one attached hydrogen (secondary N) is 2. The van der Waals surface area contributed by atoms with Crippen LogP contribution in [0.5, 0.6) is 0 Å². The second-order valence-corrected chi connectivity index (χ2v) is 7.12. The van der Waals surface area contributed by atoms with Crippen LogP contribution < -0.4 is 10.6 Å². The molecule has 0 spiro atoms. The highest BCUT2D eigenvalue weighted by Gasteiger charge is 2.28. The lowest BCUT2D eigenvalue weighted by Crippen LogP contribution is -2.44. The van der Waals surface area contributed by atoms with Crippen LogP contribution in [0.25, 0.3) is 0 Å². The van der Waals surface area contributed by atoms with Crippen LogP contribution >= 0.6 is 11.6 Å². The highest BCUT2D eigenvalue weighted by atomic mass is 35.5. The topological polar surface area (TPSA) is 61.4 Å². The molecule has 6 heteroatoms. The summed E-state index contributed by atoms with van der Waals surface area (Å²) >= 11 is 6.23. The van der Waals surface area contributed by atoms with Crippen LogP contribution in [-0.4, -0.2) is 42.4 Å². The van der Waals surface area contributed by atoms with Crippen molar-refractivity contribution in [3.63, 3.8) is 0 Å². The summed E-state index contributed by atoms with van der Waals surface area (Å²) < 4.78 is 0. The number of halogens is 1. The molecule has 0 saturated carbocycles. The van der Waals surface area contributed by atoms with E-state index in [2.05, 4.69) is 21.6 Å². The molecule has 2 heterocycles. The van der Waals surface area contributed by atoms with Gasteiger partial charge in [0, 0.05) is 24.5 Å². The number of hydrogen-bond acceptors (Lipinski definition) is 3. The number of piperidine rings is 1. The molecule has 1 aromatic rings. The average molecular weight is 350 g/mol. The summed E-state index contributed by atoms with van der Waals surface area (Å²) in [7, 11) is 0. The molecule has 0 bridgehead atoms. The van der Waals surface area contributed by atoms with E-state index in [1.165, 1.54) is 5.56 Å². The monoisotopic (exact) mass is 349 g/mol. The summed E-state index contributed by atoms with van der Waals surface area (Å²) in [6.07, 6.45) is 3.21. The summed E-state index contributed by atoms with van der Waals surface area (Å²) in [6.45, 7) is 3.62. The molecule has 2 saturated heterocycles. The second kappa shape index (κ2) is 7.99. The van der Waals surface area contributed by atoms with Gasteiger partial charge in [0.1, 0.15) is 6.04 Å². The van der Waals surface area contributed by atoms with Gasteiger partial charge in [-0.1, -0.05) is 29.8 Å². The van der Waals surface area contributed by atoms with Crippen molar-refractivity contribution in [1.29, 1.82) is 0 Å². The first-order chi connectivity index (χ1) is 11.6. The van der Waals surface area contributed by atoms with Gasteiger partial charge in [-0.2, -0.15) is 0 Å². The van der Waals surface area contributed by atoms with Gasteiger partial charge in [0.05, 0.1) is 0 Å². The number of benzene rings is 1. The molecule has 0 unspecified atom stereocenters. The van der Waals surface area contributed by atoms with E-state index < -0.39 is 0 Å². The van der Waals surface area contributed by atoms with E-state index in [1.807, 2.05) is 18.2 Å². The fourth-order valence-electron chi connectivity index (χ4n) is 3.40. The van der Waals surface area contributed by atoms with E-state index in [1.54, 1.807) is 0 Å². The van der Waals surface area contributed by atoms with Crippen molar-refractivity contribution >= 4 is 23.4 Å². The summed E-state index contributed by atoms with van der Waals surface area (Å²) in [4.78, 5) is 25.6. The quantitative estimate of drug-likeness (QED) is 0.854. The summed E-state index contributed by atoms with van der Waals surface area (Å²) in [5.74, 6) is 0.441. The highest BCUT2D eigenvalue weighted by molar-refractivity contribution is 6.31. The third-order valence-corrected chi connectivity index (χ3v) is 5.30. The fourth-order valence-corrected chi connectivity index (χ4v) is 3.59. The van der Waals surface area contributed by atoms with Gasteiger partial charge < -0.3 is 10.6 Å². The van der Waals surface area contributed by atoms with Gasteiger partial charge in [-0.05, 0) is 49.9 Å². The first-order valence-corrected chi connectivity index (χ1v) is 9.02. The zero-order valence-corrected chi connectivity index (χ0v) is 14.5. The summed E-state index contributed by atoms with van der Waals surface area (Å²) in [5.41, 5.74) is 1.17. The minimum Gasteiger partial charge on any atom is -0.354 e. The first-order valence-electron chi connectivity index (χ1n) is 8.64. The third-order valence-electron chi connectivity index (χ3n) is 4.94. The Labute approximate surface area is 147 Å². The molecule has 5 nitrogen and oxygen atoms in total. The van der Waals surface area contributed by atoms with Gasteiger partial charge in [0.25, 0.3) is 0 Å². The molecule has 1 atom stereocenters. The molecular formula is C18H24ClN3O2. The van der Waals surface area contributed by atoms with Crippen LogP contribution in [0, 0.1) is 5.92 Å². The van der Waals surface area contributed by atoms with Crippen molar-refractivity contribution in [3.05, 3.63) is 34.9 Å². The normalized spacial score (nSPS) is 22.4. The third kappa shape index (κ3) is 4.48. The zero-order chi connectivity index (χ0) is 16.9. The molecule has 0 aromatic heterocycles. The molecule has 2 amide bonds. The Balaban J connectivity index is 1.38. The molecule has 0 aliphatic carbocycles. The Morgan fingerprint density at radius 3 is 2.67 bits per heavy atom. The van der Waals surface area contributed by atoms with E-state index >= 15 is 0 Å². The Morgan fingerprint density at radius 1 is 1.25 bits per heavy atom. The van der Waals surface area contributed by atoms with Gasteiger partial charge >= 0.3 is 0 Å². The lowest BCUT2D eigenvalue weighted by molar-refractivity contribution is -0.125. The van der Waals surface area contributed by atoms with Gasteiger partial charge in [0.2, 0.25) is 11.8 Å². The lowest BCUT2D eigenvalue weighted by atomic mass is 9.96. The van der Waals surface area contributed by atoms with Crippen LogP contribution in [0.15, 0.2) is 24.3 Å². The molecule has 24 heavy (non-hydrogen) atoms. The second-order valence-electron chi connectivity index (χ2n) is 6.71. The number of rotatable bonds is 5. The maximum atomic E-state index is 12.0. The van der Waals surface area contributed by atoms with Crippen molar-refractivity contribution in [3.8, 4) is 0 Å². The molecule has 3 rings (SSSR count). The van der Waals surface area contributed by atoms with Gasteiger partial charge in [-0.15, -0.1) is 0 Å². The fraction of sp³-hybridized carbons (Fsp3) is 0.556. The van der Waals surface area contributed by atoms with Crippen LogP contribution in [0.2, 0.25) is 5.02 Å². The molecule has 2 aliphatic heterocycles. The summed E-state index contributed by atoms with van der Waals surface area (Å²) in [5, 5.41) is 6.53.